The lowest BCUT2D eigenvalue weighted by molar-refractivity contribution is -0.122. The van der Waals surface area contributed by atoms with E-state index in [-0.39, 0.29) is 24.3 Å². The first-order valence-corrected chi connectivity index (χ1v) is 6.08. The summed E-state index contributed by atoms with van der Waals surface area (Å²) in [7, 11) is 1.76. The van der Waals surface area contributed by atoms with Crippen molar-refractivity contribution in [3.8, 4) is 6.07 Å². The normalized spacial score (nSPS) is 10.6. The fourth-order valence-electron chi connectivity index (χ4n) is 1.76. The van der Waals surface area contributed by atoms with E-state index in [1.165, 1.54) is 18.2 Å². The Balaban J connectivity index is 2.67. The van der Waals surface area contributed by atoms with Crippen LogP contribution in [-0.4, -0.2) is 30.4 Å². The first kappa shape index (κ1) is 15.1. The average Bonchev–Trinajstić information content (AvgIpc) is 2.27. The van der Waals surface area contributed by atoms with Crippen LogP contribution in [0.2, 0.25) is 0 Å². The number of nitrogens with zero attached hydrogens (tertiary/aromatic N) is 2. The molecular formula is C14H18FN3O. The van der Waals surface area contributed by atoms with E-state index in [2.05, 4.69) is 5.32 Å². The molecule has 0 unspecified atom stereocenters. The minimum Gasteiger partial charge on any atom is -0.353 e. The van der Waals surface area contributed by atoms with Crippen molar-refractivity contribution < 1.29 is 9.18 Å². The van der Waals surface area contributed by atoms with Gasteiger partial charge in [-0.25, -0.2) is 4.39 Å². The highest BCUT2D eigenvalue weighted by Crippen LogP contribution is 2.12. The Labute approximate surface area is 112 Å². The Morgan fingerprint density at radius 3 is 2.79 bits per heavy atom. The van der Waals surface area contributed by atoms with Crippen LogP contribution in [0.25, 0.3) is 0 Å². The van der Waals surface area contributed by atoms with Crippen molar-refractivity contribution in [2.24, 2.45) is 0 Å². The Morgan fingerprint density at radius 1 is 1.53 bits per heavy atom. The van der Waals surface area contributed by atoms with E-state index < -0.39 is 0 Å². The van der Waals surface area contributed by atoms with Crippen LogP contribution in [0.3, 0.4) is 0 Å². The van der Waals surface area contributed by atoms with Crippen LogP contribution >= 0.6 is 0 Å². The molecule has 1 N–H and O–H groups in total. The predicted molar refractivity (Wildman–Crippen MR) is 70.7 cm³/mol. The number of amides is 1. The molecule has 0 atom stereocenters. The van der Waals surface area contributed by atoms with Crippen molar-refractivity contribution in [2.75, 3.05) is 13.6 Å². The number of nitrogens with one attached hydrogen (secondary N) is 1. The summed E-state index contributed by atoms with van der Waals surface area (Å²) in [4.78, 5) is 13.3. The van der Waals surface area contributed by atoms with Gasteiger partial charge in [-0.3, -0.25) is 9.69 Å². The number of rotatable bonds is 5. The minimum absolute atomic E-state index is 0.0877. The van der Waals surface area contributed by atoms with Gasteiger partial charge in [0.1, 0.15) is 5.82 Å². The summed E-state index contributed by atoms with van der Waals surface area (Å²) in [6.45, 7) is 4.34. The Bertz CT molecular complexity index is 494. The van der Waals surface area contributed by atoms with Crippen molar-refractivity contribution in [1.29, 1.82) is 5.26 Å². The Morgan fingerprint density at radius 2 is 2.21 bits per heavy atom. The molecular weight excluding hydrogens is 245 g/mol. The number of nitriles is 1. The first-order chi connectivity index (χ1) is 8.92. The molecule has 0 heterocycles. The van der Waals surface area contributed by atoms with E-state index in [1.54, 1.807) is 11.9 Å². The fraction of sp³-hybridized carbons (Fsp3) is 0.429. The number of carbonyl (C=O) groups is 1. The van der Waals surface area contributed by atoms with E-state index >= 15 is 0 Å². The van der Waals surface area contributed by atoms with Gasteiger partial charge in [-0.15, -0.1) is 0 Å². The summed E-state index contributed by atoms with van der Waals surface area (Å²) in [5.74, 6) is -0.471. The van der Waals surface area contributed by atoms with E-state index in [4.69, 9.17) is 5.26 Å². The second-order valence-electron chi connectivity index (χ2n) is 4.81. The van der Waals surface area contributed by atoms with Crippen LogP contribution in [-0.2, 0) is 11.3 Å². The standard InChI is InChI=1S/C14H18FN3O/c1-10(2)17-14(19)9-18(3)8-12-6-13(15)5-4-11(12)7-16/h4-6,10H,8-9H2,1-3H3,(H,17,19). The van der Waals surface area contributed by atoms with Gasteiger partial charge in [0.05, 0.1) is 18.2 Å². The zero-order chi connectivity index (χ0) is 14.4. The lowest BCUT2D eigenvalue weighted by Gasteiger charge is -2.18. The van der Waals surface area contributed by atoms with Crippen molar-refractivity contribution >= 4 is 5.91 Å². The molecule has 0 aromatic heterocycles. The molecule has 19 heavy (non-hydrogen) atoms. The van der Waals surface area contributed by atoms with Crippen molar-refractivity contribution in [3.63, 3.8) is 0 Å². The van der Waals surface area contributed by atoms with Gasteiger partial charge in [-0.2, -0.15) is 5.26 Å². The molecule has 4 nitrogen and oxygen atoms in total. The van der Waals surface area contributed by atoms with Gasteiger partial charge in [0.2, 0.25) is 5.91 Å². The summed E-state index contributed by atoms with van der Waals surface area (Å²) in [6.07, 6.45) is 0. The summed E-state index contributed by atoms with van der Waals surface area (Å²) < 4.78 is 13.2. The zero-order valence-electron chi connectivity index (χ0n) is 11.4. The smallest absolute Gasteiger partial charge is 0.234 e. The summed E-state index contributed by atoms with van der Waals surface area (Å²) in [5.41, 5.74) is 1.01. The molecule has 0 bridgehead atoms. The second-order valence-corrected chi connectivity index (χ2v) is 4.81. The number of halogens is 1. The molecule has 0 radical (unpaired) electrons. The first-order valence-electron chi connectivity index (χ1n) is 6.08. The van der Waals surface area contributed by atoms with E-state index in [0.29, 0.717) is 17.7 Å². The maximum absolute atomic E-state index is 13.2. The van der Waals surface area contributed by atoms with Gasteiger partial charge in [0, 0.05) is 12.6 Å². The van der Waals surface area contributed by atoms with Crippen LogP contribution in [0.5, 0.6) is 0 Å². The summed E-state index contributed by atoms with van der Waals surface area (Å²) in [6, 6.07) is 6.14. The van der Waals surface area contributed by atoms with Crippen molar-refractivity contribution in [3.05, 3.63) is 35.1 Å². The SMILES string of the molecule is CC(C)NC(=O)CN(C)Cc1cc(F)ccc1C#N. The maximum atomic E-state index is 13.2. The van der Waals surface area contributed by atoms with Crippen molar-refractivity contribution in [1.82, 2.24) is 10.2 Å². The Kier molecular flexibility index (Phi) is 5.46. The maximum Gasteiger partial charge on any atom is 0.234 e. The highest BCUT2D eigenvalue weighted by molar-refractivity contribution is 5.78. The van der Waals surface area contributed by atoms with E-state index in [0.717, 1.165) is 0 Å². The van der Waals surface area contributed by atoms with Gasteiger partial charge in [-0.05, 0) is 44.7 Å². The molecule has 5 heteroatoms. The molecule has 102 valence electrons. The second kappa shape index (κ2) is 6.86. The predicted octanol–water partition coefficient (Wildman–Crippen LogP) is 1.65. The van der Waals surface area contributed by atoms with Gasteiger partial charge >= 0.3 is 0 Å². The van der Waals surface area contributed by atoms with Gasteiger partial charge < -0.3 is 5.32 Å². The highest BCUT2D eigenvalue weighted by atomic mass is 19.1. The largest absolute Gasteiger partial charge is 0.353 e. The lowest BCUT2D eigenvalue weighted by atomic mass is 10.1. The molecule has 0 spiro atoms. The monoisotopic (exact) mass is 263 g/mol. The third kappa shape index (κ3) is 5.06. The third-order valence-electron chi connectivity index (χ3n) is 2.49. The molecule has 1 rings (SSSR count). The third-order valence-corrected chi connectivity index (χ3v) is 2.49. The van der Waals surface area contributed by atoms with Crippen LogP contribution in [0.15, 0.2) is 18.2 Å². The van der Waals surface area contributed by atoms with Crippen LogP contribution in [0.1, 0.15) is 25.0 Å². The average molecular weight is 263 g/mol. The van der Waals surface area contributed by atoms with Crippen LogP contribution in [0.4, 0.5) is 4.39 Å². The van der Waals surface area contributed by atoms with Gasteiger partial charge in [0.25, 0.3) is 0 Å². The highest BCUT2D eigenvalue weighted by Gasteiger charge is 2.11. The van der Waals surface area contributed by atoms with Gasteiger partial charge in [-0.1, -0.05) is 0 Å². The molecule has 1 aromatic rings. The summed E-state index contributed by atoms with van der Waals surface area (Å²) >= 11 is 0. The number of carbonyl (C=O) groups excluding carboxylic acids is 1. The topological polar surface area (TPSA) is 56.1 Å². The Hall–Kier alpha value is -1.93. The summed E-state index contributed by atoms with van der Waals surface area (Å²) in [5, 5.41) is 11.7. The number of hydrogen-bond donors (Lipinski definition) is 1. The van der Waals surface area contributed by atoms with Crippen LogP contribution < -0.4 is 5.32 Å². The molecule has 0 fully saturated rings. The molecule has 0 aliphatic carbocycles. The molecule has 0 aliphatic rings. The van der Waals surface area contributed by atoms with Gasteiger partial charge in [0.15, 0.2) is 0 Å². The molecule has 0 aliphatic heterocycles. The minimum atomic E-state index is -0.381. The lowest BCUT2D eigenvalue weighted by Crippen LogP contribution is -2.38. The zero-order valence-corrected chi connectivity index (χ0v) is 11.4. The van der Waals surface area contributed by atoms with E-state index in [1.807, 2.05) is 19.9 Å². The molecule has 1 amide bonds. The number of likely N-dealkylation sites (N-methyl/N-ethyl adjacent to an activating group) is 1. The fourth-order valence-corrected chi connectivity index (χ4v) is 1.76. The van der Waals surface area contributed by atoms with Crippen molar-refractivity contribution in [2.45, 2.75) is 26.4 Å². The number of hydrogen-bond acceptors (Lipinski definition) is 3. The van der Waals surface area contributed by atoms with Crippen LogP contribution in [0, 0.1) is 17.1 Å². The van der Waals surface area contributed by atoms with E-state index in [9.17, 15) is 9.18 Å². The molecule has 0 saturated carbocycles. The number of benzene rings is 1. The molecule has 1 aromatic carbocycles. The molecule has 0 saturated heterocycles. The quantitative estimate of drug-likeness (QED) is 0.879.